The van der Waals surface area contributed by atoms with Crippen LogP contribution in [0.1, 0.15) is 68.3 Å². The van der Waals surface area contributed by atoms with Crippen LogP contribution in [0.25, 0.3) is 0 Å². The van der Waals surface area contributed by atoms with E-state index in [9.17, 15) is 14.4 Å². The molecular weight excluding hydrogens is 380 g/mol. The molecule has 3 N–H and O–H groups in total. The number of nitrogens with one attached hydrogen (secondary N) is 1. The van der Waals surface area contributed by atoms with Crippen molar-refractivity contribution < 1.29 is 28.6 Å². The molecule has 10 heteroatoms. The summed E-state index contributed by atoms with van der Waals surface area (Å²) in [4.78, 5) is 38.5. The second kappa shape index (κ2) is 9.25. The molecule has 2 heterocycles. The van der Waals surface area contributed by atoms with Gasteiger partial charge in [0, 0.05) is 24.2 Å². The van der Waals surface area contributed by atoms with Crippen LogP contribution in [0.2, 0.25) is 0 Å². The SMILES string of the molecule is CCOC(=O)c1n[nH]c2c1C(CCC(N)C(=O)OC)N(C(=O)OC(C)(C)C)CC2. The van der Waals surface area contributed by atoms with Crippen LogP contribution < -0.4 is 5.73 Å². The summed E-state index contributed by atoms with van der Waals surface area (Å²) in [6, 6.07) is -1.38. The van der Waals surface area contributed by atoms with Gasteiger partial charge in [-0.15, -0.1) is 0 Å². The molecule has 2 atom stereocenters. The summed E-state index contributed by atoms with van der Waals surface area (Å²) in [5, 5.41) is 6.98. The molecule has 10 nitrogen and oxygen atoms in total. The Kier molecular flexibility index (Phi) is 7.23. The number of amides is 1. The topological polar surface area (TPSA) is 137 Å². The van der Waals surface area contributed by atoms with E-state index >= 15 is 0 Å². The molecule has 0 saturated carbocycles. The Balaban J connectivity index is 2.36. The van der Waals surface area contributed by atoms with Crippen molar-refractivity contribution in [3.63, 3.8) is 0 Å². The van der Waals surface area contributed by atoms with Crippen molar-refractivity contribution in [1.82, 2.24) is 15.1 Å². The van der Waals surface area contributed by atoms with E-state index in [1.54, 1.807) is 32.6 Å². The highest BCUT2D eigenvalue weighted by Gasteiger charge is 2.38. The third-order valence-corrected chi connectivity index (χ3v) is 4.55. The fourth-order valence-corrected chi connectivity index (χ4v) is 3.28. The molecule has 1 amide bonds. The molecule has 0 aliphatic carbocycles. The average Bonchev–Trinajstić information content (AvgIpc) is 3.08. The normalized spacial score (nSPS) is 17.3. The molecule has 0 fully saturated rings. The molecule has 1 aromatic rings. The molecule has 0 bridgehead atoms. The van der Waals surface area contributed by atoms with Crippen LogP contribution in [0.15, 0.2) is 0 Å². The number of aromatic amines is 1. The van der Waals surface area contributed by atoms with E-state index in [2.05, 4.69) is 14.9 Å². The van der Waals surface area contributed by atoms with E-state index in [0.717, 1.165) is 5.69 Å². The molecule has 1 aromatic heterocycles. The minimum atomic E-state index is -0.844. The van der Waals surface area contributed by atoms with E-state index < -0.39 is 35.7 Å². The first-order valence-corrected chi connectivity index (χ1v) is 9.66. The maximum Gasteiger partial charge on any atom is 0.410 e. The van der Waals surface area contributed by atoms with Crippen LogP contribution in [0.3, 0.4) is 0 Å². The minimum Gasteiger partial charge on any atom is -0.468 e. The number of nitrogens with zero attached hydrogens (tertiary/aromatic N) is 2. The highest BCUT2D eigenvalue weighted by Crippen LogP contribution is 2.36. The third-order valence-electron chi connectivity index (χ3n) is 4.55. The van der Waals surface area contributed by atoms with Gasteiger partial charge in [0.1, 0.15) is 11.6 Å². The van der Waals surface area contributed by atoms with Crippen molar-refractivity contribution in [3.8, 4) is 0 Å². The molecule has 1 aliphatic heterocycles. The smallest absolute Gasteiger partial charge is 0.410 e. The van der Waals surface area contributed by atoms with E-state index in [4.69, 9.17) is 15.2 Å². The van der Waals surface area contributed by atoms with Crippen molar-refractivity contribution in [1.29, 1.82) is 0 Å². The van der Waals surface area contributed by atoms with Crippen LogP contribution in [0.5, 0.6) is 0 Å². The fraction of sp³-hybridized carbons (Fsp3) is 0.684. The van der Waals surface area contributed by atoms with Crippen LogP contribution in [-0.2, 0) is 25.4 Å². The summed E-state index contributed by atoms with van der Waals surface area (Å²) < 4.78 is 15.3. The summed E-state index contributed by atoms with van der Waals surface area (Å²) in [6.07, 6.45) is 0.564. The standard InChI is InChI=1S/C19H30N4O6/c1-6-28-17(25)15-14-12(21-22-15)9-10-23(18(26)29-19(2,3)4)13(14)8-7-11(20)16(24)27-5/h11,13H,6-10,20H2,1-5H3,(H,21,22). The zero-order valence-corrected chi connectivity index (χ0v) is 17.6. The van der Waals surface area contributed by atoms with Gasteiger partial charge in [0.2, 0.25) is 0 Å². The van der Waals surface area contributed by atoms with Crippen LogP contribution in [-0.4, -0.2) is 65.0 Å². The first kappa shape index (κ1) is 22.7. The lowest BCUT2D eigenvalue weighted by Crippen LogP contribution is -2.44. The van der Waals surface area contributed by atoms with E-state index in [1.165, 1.54) is 7.11 Å². The van der Waals surface area contributed by atoms with E-state index in [1.807, 2.05) is 0 Å². The second-order valence-corrected chi connectivity index (χ2v) is 7.83. The Labute approximate surface area is 170 Å². The van der Waals surface area contributed by atoms with E-state index in [-0.39, 0.29) is 18.7 Å². The zero-order valence-electron chi connectivity index (χ0n) is 17.6. The van der Waals surface area contributed by atoms with Crippen LogP contribution >= 0.6 is 0 Å². The van der Waals surface area contributed by atoms with Gasteiger partial charge in [-0.25, -0.2) is 9.59 Å². The number of carbonyl (C=O) groups excluding carboxylic acids is 3. The Morgan fingerprint density at radius 2 is 2.03 bits per heavy atom. The lowest BCUT2D eigenvalue weighted by molar-refractivity contribution is -0.142. The van der Waals surface area contributed by atoms with Crippen LogP contribution in [0, 0.1) is 0 Å². The monoisotopic (exact) mass is 410 g/mol. The van der Waals surface area contributed by atoms with Gasteiger partial charge in [0.25, 0.3) is 0 Å². The van der Waals surface area contributed by atoms with Gasteiger partial charge in [0.05, 0.1) is 19.8 Å². The van der Waals surface area contributed by atoms with Crippen molar-refractivity contribution in [2.45, 2.75) is 64.6 Å². The largest absolute Gasteiger partial charge is 0.468 e. The second-order valence-electron chi connectivity index (χ2n) is 7.83. The molecule has 162 valence electrons. The summed E-state index contributed by atoms with van der Waals surface area (Å²) >= 11 is 0. The highest BCUT2D eigenvalue weighted by molar-refractivity contribution is 5.89. The lowest BCUT2D eigenvalue weighted by atomic mass is 9.91. The van der Waals surface area contributed by atoms with Gasteiger partial charge < -0.3 is 24.8 Å². The summed E-state index contributed by atoms with van der Waals surface area (Å²) in [5.74, 6) is -1.11. The maximum absolute atomic E-state index is 12.8. The summed E-state index contributed by atoms with van der Waals surface area (Å²) in [6.45, 7) is 7.63. The molecule has 2 unspecified atom stereocenters. The summed E-state index contributed by atoms with van der Waals surface area (Å²) in [5.41, 5.74) is 6.68. The van der Waals surface area contributed by atoms with Gasteiger partial charge in [-0.2, -0.15) is 5.10 Å². The number of hydrogen-bond acceptors (Lipinski definition) is 8. The fourth-order valence-electron chi connectivity index (χ4n) is 3.28. The third kappa shape index (κ3) is 5.47. The number of ether oxygens (including phenoxy) is 3. The molecule has 2 rings (SSSR count). The van der Waals surface area contributed by atoms with Gasteiger partial charge in [-0.05, 0) is 40.5 Å². The predicted octanol–water partition coefficient (Wildman–Crippen LogP) is 1.70. The van der Waals surface area contributed by atoms with Crippen molar-refractivity contribution in [2.75, 3.05) is 20.3 Å². The summed E-state index contributed by atoms with van der Waals surface area (Å²) in [7, 11) is 1.27. The van der Waals surface area contributed by atoms with Gasteiger partial charge in [0.15, 0.2) is 5.69 Å². The zero-order chi connectivity index (χ0) is 21.8. The Bertz CT molecular complexity index is 754. The number of rotatable bonds is 6. The Morgan fingerprint density at radius 3 is 2.62 bits per heavy atom. The van der Waals surface area contributed by atoms with E-state index in [0.29, 0.717) is 24.9 Å². The molecule has 0 aromatic carbocycles. The molecular formula is C19H30N4O6. The number of fused-ring (bicyclic) bond motifs is 1. The average molecular weight is 410 g/mol. The minimum absolute atomic E-state index is 0.131. The van der Waals surface area contributed by atoms with Gasteiger partial charge in [-0.1, -0.05) is 0 Å². The Hall–Kier alpha value is -2.62. The van der Waals surface area contributed by atoms with Gasteiger partial charge >= 0.3 is 18.0 Å². The maximum atomic E-state index is 12.8. The van der Waals surface area contributed by atoms with Crippen molar-refractivity contribution >= 4 is 18.0 Å². The van der Waals surface area contributed by atoms with Crippen molar-refractivity contribution in [3.05, 3.63) is 17.0 Å². The number of hydrogen-bond donors (Lipinski definition) is 2. The Morgan fingerprint density at radius 1 is 1.34 bits per heavy atom. The molecule has 1 aliphatic rings. The molecule has 29 heavy (non-hydrogen) atoms. The molecule has 0 spiro atoms. The number of nitrogens with two attached hydrogens (primary N) is 1. The number of esters is 2. The number of H-pyrrole nitrogens is 1. The van der Waals surface area contributed by atoms with Gasteiger partial charge in [-0.3, -0.25) is 9.89 Å². The van der Waals surface area contributed by atoms with Crippen LogP contribution in [0.4, 0.5) is 4.79 Å². The first-order valence-electron chi connectivity index (χ1n) is 9.66. The predicted molar refractivity (Wildman–Crippen MR) is 103 cm³/mol. The highest BCUT2D eigenvalue weighted by atomic mass is 16.6. The number of carbonyl (C=O) groups is 3. The lowest BCUT2D eigenvalue weighted by Gasteiger charge is -2.37. The molecule has 0 saturated heterocycles. The molecule has 0 radical (unpaired) electrons. The first-order chi connectivity index (χ1) is 13.6. The number of methoxy groups -OCH3 is 1. The van der Waals surface area contributed by atoms with Crippen molar-refractivity contribution in [2.24, 2.45) is 5.73 Å². The quantitative estimate of drug-likeness (QED) is 0.534. The number of aromatic nitrogens is 2.